The number of aromatic nitrogens is 1. The number of halogens is 3. The van der Waals surface area contributed by atoms with E-state index >= 15 is 0 Å². The Kier molecular flexibility index (Phi) is 2.81. The first-order valence-electron chi connectivity index (χ1n) is 4.36. The predicted octanol–water partition coefficient (Wildman–Crippen LogP) is 2.20. The van der Waals surface area contributed by atoms with E-state index < -0.39 is 6.43 Å². The van der Waals surface area contributed by atoms with E-state index in [1.807, 2.05) is 0 Å². The van der Waals surface area contributed by atoms with E-state index in [0.717, 1.165) is 0 Å². The van der Waals surface area contributed by atoms with E-state index in [4.69, 9.17) is 11.6 Å². The van der Waals surface area contributed by atoms with Crippen LogP contribution in [-0.4, -0.2) is 30.8 Å². The van der Waals surface area contributed by atoms with Crippen molar-refractivity contribution in [3.63, 3.8) is 0 Å². The lowest BCUT2D eigenvalue weighted by Gasteiger charge is -2.26. The van der Waals surface area contributed by atoms with Gasteiger partial charge in [0.05, 0.1) is 18.4 Å². The fourth-order valence-electron chi connectivity index (χ4n) is 1.43. The molecule has 0 spiro atoms. The number of rotatable bonds is 2. The molecule has 1 aliphatic rings. The van der Waals surface area contributed by atoms with E-state index in [0.29, 0.717) is 16.5 Å². The summed E-state index contributed by atoms with van der Waals surface area (Å²) in [6.45, 7) is -0.103. The van der Waals surface area contributed by atoms with Crippen molar-refractivity contribution in [3.8, 4) is 0 Å². The minimum atomic E-state index is -2.39. The Morgan fingerprint density at radius 3 is 3.00 bits per heavy atom. The molecule has 2 rings (SSSR count). The molecule has 1 aliphatic heterocycles. The molecule has 0 fully saturated rings. The molecule has 2 heterocycles. The van der Waals surface area contributed by atoms with Crippen LogP contribution in [-0.2, 0) is 0 Å². The van der Waals surface area contributed by atoms with Crippen LogP contribution in [0.4, 0.5) is 14.5 Å². The maximum Gasteiger partial charge on any atom is 0.255 e. The highest BCUT2D eigenvalue weighted by Gasteiger charge is 2.18. The number of alkyl halides is 2. The maximum atomic E-state index is 12.3. The minimum absolute atomic E-state index is 0.237. The second-order valence-electron chi connectivity index (χ2n) is 3.10. The van der Waals surface area contributed by atoms with Gasteiger partial charge in [0.25, 0.3) is 6.43 Å². The molecule has 0 N–H and O–H groups in total. The Morgan fingerprint density at radius 2 is 2.27 bits per heavy atom. The van der Waals surface area contributed by atoms with Crippen LogP contribution < -0.4 is 4.90 Å². The van der Waals surface area contributed by atoms with E-state index in [1.54, 1.807) is 18.3 Å². The largest absolute Gasteiger partial charge is 0.345 e. The number of fused-ring (bicyclic) bond motifs is 1. The van der Waals surface area contributed by atoms with Gasteiger partial charge >= 0.3 is 0 Å². The SMILES string of the molecule is FC(F)CN1CN=Cc2nc(Cl)ccc21. The number of aliphatic imine (C=N–C) groups is 1. The van der Waals surface area contributed by atoms with E-state index in [1.165, 1.54) is 4.90 Å². The Hall–Kier alpha value is -1.23. The number of hydrogen-bond donors (Lipinski definition) is 0. The summed E-state index contributed by atoms with van der Waals surface area (Å²) in [6, 6.07) is 3.26. The van der Waals surface area contributed by atoms with E-state index in [-0.39, 0.29) is 13.2 Å². The van der Waals surface area contributed by atoms with Gasteiger partial charge in [0.15, 0.2) is 0 Å². The van der Waals surface area contributed by atoms with Crippen molar-refractivity contribution < 1.29 is 8.78 Å². The first kappa shape index (κ1) is 10.3. The molecule has 0 amide bonds. The predicted molar refractivity (Wildman–Crippen MR) is 55.1 cm³/mol. The second-order valence-corrected chi connectivity index (χ2v) is 3.49. The van der Waals surface area contributed by atoms with Crippen LogP contribution in [0.3, 0.4) is 0 Å². The van der Waals surface area contributed by atoms with Crippen molar-refractivity contribution in [1.82, 2.24) is 4.98 Å². The van der Waals surface area contributed by atoms with E-state index in [9.17, 15) is 8.78 Å². The third-order valence-corrected chi connectivity index (χ3v) is 2.24. The zero-order chi connectivity index (χ0) is 10.8. The van der Waals surface area contributed by atoms with Crippen molar-refractivity contribution >= 4 is 23.5 Å². The van der Waals surface area contributed by atoms with Gasteiger partial charge in [0, 0.05) is 0 Å². The average Bonchev–Trinajstić information content (AvgIpc) is 2.16. The first-order chi connectivity index (χ1) is 7.16. The summed E-state index contributed by atoms with van der Waals surface area (Å²) < 4.78 is 24.5. The standard InChI is InChI=1S/C9H8ClF2N3/c10-8-2-1-7-6(14-8)3-13-5-15(7)4-9(11)12/h1-3,9H,4-5H2. The van der Waals surface area contributed by atoms with Crippen LogP contribution in [0.2, 0.25) is 5.15 Å². The highest BCUT2D eigenvalue weighted by molar-refractivity contribution is 6.29. The molecule has 0 unspecified atom stereocenters. The normalized spacial score (nSPS) is 14.5. The van der Waals surface area contributed by atoms with Gasteiger partial charge in [-0.1, -0.05) is 11.6 Å². The van der Waals surface area contributed by atoms with Crippen molar-refractivity contribution in [2.45, 2.75) is 6.43 Å². The van der Waals surface area contributed by atoms with Gasteiger partial charge in [-0.2, -0.15) is 0 Å². The highest BCUT2D eigenvalue weighted by atomic mass is 35.5. The molecule has 1 aromatic rings. The van der Waals surface area contributed by atoms with Crippen LogP contribution in [0, 0.1) is 0 Å². The molecule has 6 heteroatoms. The zero-order valence-corrected chi connectivity index (χ0v) is 8.46. The fourth-order valence-corrected chi connectivity index (χ4v) is 1.58. The number of hydrogen-bond acceptors (Lipinski definition) is 3. The van der Waals surface area contributed by atoms with Gasteiger partial charge in [0.2, 0.25) is 0 Å². The van der Waals surface area contributed by atoms with Crippen molar-refractivity contribution in [3.05, 3.63) is 23.0 Å². The Bertz CT molecular complexity index is 395. The van der Waals surface area contributed by atoms with Crippen LogP contribution in [0.1, 0.15) is 5.69 Å². The summed E-state index contributed by atoms with van der Waals surface area (Å²) in [6.07, 6.45) is -0.842. The molecule has 0 bridgehead atoms. The summed E-state index contributed by atoms with van der Waals surface area (Å²) >= 11 is 5.69. The van der Waals surface area contributed by atoms with Crippen LogP contribution in [0.5, 0.6) is 0 Å². The molecule has 80 valence electrons. The highest BCUT2D eigenvalue weighted by Crippen LogP contribution is 2.23. The molecule has 0 saturated carbocycles. The number of pyridine rings is 1. The Morgan fingerprint density at radius 1 is 1.47 bits per heavy atom. The van der Waals surface area contributed by atoms with Crippen LogP contribution in [0.25, 0.3) is 0 Å². The molecule has 15 heavy (non-hydrogen) atoms. The molecule has 3 nitrogen and oxygen atoms in total. The minimum Gasteiger partial charge on any atom is -0.345 e. The third kappa shape index (κ3) is 2.23. The van der Waals surface area contributed by atoms with Crippen molar-refractivity contribution in [2.24, 2.45) is 4.99 Å². The number of nitrogens with zero attached hydrogens (tertiary/aromatic N) is 3. The molecule has 1 aromatic heterocycles. The fraction of sp³-hybridized carbons (Fsp3) is 0.333. The van der Waals surface area contributed by atoms with Crippen LogP contribution in [0.15, 0.2) is 17.1 Å². The van der Waals surface area contributed by atoms with Gasteiger partial charge in [0.1, 0.15) is 17.5 Å². The lowest BCUT2D eigenvalue weighted by molar-refractivity contribution is 0.155. The van der Waals surface area contributed by atoms with Gasteiger partial charge < -0.3 is 4.90 Å². The van der Waals surface area contributed by atoms with Crippen LogP contribution >= 0.6 is 11.6 Å². The topological polar surface area (TPSA) is 28.5 Å². The molecule has 0 saturated heterocycles. The Labute approximate surface area is 90.4 Å². The lowest BCUT2D eigenvalue weighted by atomic mass is 10.2. The summed E-state index contributed by atoms with van der Waals surface area (Å²) in [7, 11) is 0. The Balaban J connectivity index is 2.31. The third-order valence-electron chi connectivity index (χ3n) is 2.03. The van der Waals surface area contributed by atoms with Crippen molar-refractivity contribution in [2.75, 3.05) is 18.1 Å². The van der Waals surface area contributed by atoms with Gasteiger partial charge in [-0.25, -0.2) is 13.8 Å². The monoisotopic (exact) mass is 231 g/mol. The zero-order valence-electron chi connectivity index (χ0n) is 7.70. The molecule has 0 aliphatic carbocycles. The summed E-state index contributed by atoms with van der Waals surface area (Å²) in [5, 5.41) is 0.332. The molecular formula is C9H8ClF2N3. The van der Waals surface area contributed by atoms with Gasteiger partial charge in [-0.3, -0.25) is 4.99 Å². The molecule has 0 aromatic carbocycles. The molecular weight excluding hydrogens is 224 g/mol. The summed E-state index contributed by atoms with van der Waals surface area (Å²) in [4.78, 5) is 9.42. The number of anilines is 1. The van der Waals surface area contributed by atoms with Gasteiger partial charge in [-0.15, -0.1) is 0 Å². The van der Waals surface area contributed by atoms with Gasteiger partial charge in [-0.05, 0) is 12.1 Å². The smallest absolute Gasteiger partial charge is 0.255 e. The maximum absolute atomic E-state index is 12.3. The summed E-state index contributed by atoms with van der Waals surface area (Å²) in [5.41, 5.74) is 1.18. The summed E-state index contributed by atoms with van der Waals surface area (Å²) in [5.74, 6) is 0. The molecule has 0 radical (unpaired) electrons. The lowest BCUT2D eigenvalue weighted by Crippen LogP contribution is -2.32. The first-order valence-corrected chi connectivity index (χ1v) is 4.74. The van der Waals surface area contributed by atoms with E-state index in [2.05, 4.69) is 9.98 Å². The van der Waals surface area contributed by atoms with Crippen molar-refractivity contribution in [1.29, 1.82) is 0 Å². The average molecular weight is 232 g/mol. The molecule has 0 atom stereocenters. The quantitative estimate of drug-likeness (QED) is 0.730. The second kappa shape index (κ2) is 4.10.